The topological polar surface area (TPSA) is 33.2 Å². The van der Waals surface area contributed by atoms with Crippen LogP contribution in [0.25, 0.3) is 0 Å². The first kappa shape index (κ1) is 17.9. The van der Waals surface area contributed by atoms with E-state index in [9.17, 15) is 18.0 Å². The van der Waals surface area contributed by atoms with E-state index in [0.29, 0.717) is 18.8 Å². The number of thiazole rings is 1. The minimum atomic E-state index is -4.32. The molecule has 1 saturated heterocycles. The molecule has 0 unspecified atom stereocenters. The molecule has 3 rings (SSSR count). The number of carbonyl (C=O) groups excluding carboxylic acids is 1. The Balaban J connectivity index is 1.47. The third-order valence-electron chi connectivity index (χ3n) is 4.56. The lowest BCUT2D eigenvalue weighted by atomic mass is 9.97. The molecule has 0 bridgehead atoms. The average Bonchev–Trinajstić information content (AvgIpc) is 3.14. The predicted octanol–water partition coefficient (Wildman–Crippen LogP) is 4.50. The summed E-state index contributed by atoms with van der Waals surface area (Å²) in [4.78, 5) is 18.5. The zero-order valence-corrected chi connectivity index (χ0v) is 14.4. The standard InChI is InChI=1S/C18H19F3N2OS/c19-18(20,21)15-4-1-13(2-5-15)3-6-16(24)23-10-7-14(8-11-23)17-22-9-12-25-17/h1-2,4-5,9,12,14H,3,6-8,10-11H2. The van der Waals surface area contributed by atoms with Gasteiger partial charge in [-0.2, -0.15) is 13.2 Å². The van der Waals surface area contributed by atoms with Gasteiger partial charge in [0.05, 0.1) is 10.6 Å². The van der Waals surface area contributed by atoms with E-state index >= 15 is 0 Å². The van der Waals surface area contributed by atoms with Gasteiger partial charge in [-0.05, 0) is 37.0 Å². The van der Waals surface area contributed by atoms with E-state index in [-0.39, 0.29) is 5.91 Å². The first-order valence-corrected chi connectivity index (χ1v) is 9.15. The van der Waals surface area contributed by atoms with E-state index in [1.54, 1.807) is 11.3 Å². The van der Waals surface area contributed by atoms with Crippen molar-refractivity contribution in [1.29, 1.82) is 0 Å². The Morgan fingerprint density at radius 2 is 1.88 bits per heavy atom. The summed E-state index contributed by atoms with van der Waals surface area (Å²) in [5.41, 5.74) is 0.0888. The summed E-state index contributed by atoms with van der Waals surface area (Å²) in [5, 5.41) is 3.11. The molecule has 25 heavy (non-hydrogen) atoms. The molecule has 0 atom stereocenters. The number of hydrogen-bond acceptors (Lipinski definition) is 3. The Bertz CT molecular complexity index is 690. The number of aryl methyl sites for hydroxylation is 1. The molecule has 1 aromatic heterocycles. The summed E-state index contributed by atoms with van der Waals surface area (Å²) in [6, 6.07) is 5.04. The van der Waals surface area contributed by atoms with Crippen molar-refractivity contribution in [2.75, 3.05) is 13.1 Å². The van der Waals surface area contributed by atoms with E-state index < -0.39 is 11.7 Å². The van der Waals surface area contributed by atoms with Gasteiger partial charge in [-0.15, -0.1) is 11.3 Å². The first-order chi connectivity index (χ1) is 11.9. The van der Waals surface area contributed by atoms with Crippen LogP contribution in [-0.2, 0) is 17.4 Å². The molecule has 1 amide bonds. The second kappa shape index (κ2) is 7.56. The summed E-state index contributed by atoms with van der Waals surface area (Å²) in [7, 11) is 0. The van der Waals surface area contributed by atoms with Gasteiger partial charge in [0.25, 0.3) is 0 Å². The van der Waals surface area contributed by atoms with Gasteiger partial charge in [-0.25, -0.2) is 4.98 Å². The molecule has 134 valence electrons. The first-order valence-electron chi connectivity index (χ1n) is 8.27. The number of hydrogen-bond donors (Lipinski definition) is 0. The van der Waals surface area contributed by atoms with Crippen LogP contribution < -0.4 is 0 Å². The molecular formula is C18H19F3N2OS. The van der Waals surface area contributed by atoms with Crippen molar-refractivity contribution in [3.8, 4) is 0 Å². The molecule has 0 radical (unpaired) electrons. The molecule has 0 N–H and O–H groups in total. The fraction of sp³-hybridized carbons (Fsp3) is 0.444. The van der Waals surface area contributed by atoms with Crippen molar-refractivity contribution in [3.63, 3.8) is 0 Å². The monoisotopic (exact) mass is 368 g/mol. The van der Waals surface area contributed by atoms with E-state index in [0.717, 1.165) is 48.6 Å². The predicted molar refractivity (Wildman–Crippen MR) is 90.4 cm³/mol. The smallest absolute Gasteiger partial charge is 0.343 e. The summed E-state index contributed by atoms with van der Waals surface area (Å²) in [5.74, 6) is 0.497. The lowest BCUT2D eigenvalue weighted by Gasteiger charge is -2.31. The minimum absolute atomic E-state index is 0.0671. The highest BCUT2D eigenvalue weighted by Crippen LogP contribution is 2.30. The third-order valence-corrected chi connectivity index (χ3v) is 5.50. The maximum Gasteiger partial charge on any atom is 0.416 e. The van der Waals surface area contributed by atoms with E-state index in [1.165, 1.54) is 12.1 Å². The van der Waals surface area contributed by atoms with Gasteiger partial charge < -0.3 is 4.90 Å². The lowest BCUT2D eigenvalue weighted by molar-refractivity contribution is -0.137. The highest BCUT2D eigenvalue weighted by molar-refractivity contribution is 7.09. The average molecular weight is 368 g/mol. The van der Waals surface area contributed by atoms with E-state index in [2.05, 4.69) is 4.98 Å². The largest absolute Gasteiger partial charge is 0.416 e. The highest BCUT2D eigenvalue weighted by Gasteiger charge is 2.30. The Hall–Kier alpha value is -1.89. The molecule has 2 aromatic rings. The number of benzene rings is 1. The second-order valence-corrected chi connectivity index (χ2v) is 7.15. The Labute approximate surface area is 148 Å². The number of nitrogens with zero attached hydrogens (tertiary/aromatic N) is 2. The molecule has 3 nitrogen and oxygen atoms in total. The van der Waals surface area contributed by atoms with E-state index in [1.807, 2.05) is 16.5 Å². The maximum atomic E-state index is 12.5. The quantitative estimate of drug-likeness (QED) is 0.796. The van der Waals surface area contributed by atoms with Crippen molar-refractivity contribution >= 4 is 17.2 Å². The number of carbonyl (C=O) groups is 1. The number of piperidine rings is 1. The maximum absolute atomic E-state index is 12.5. The van der Waals surface area contributed by atoms with Gasteiger partial charge in [-0.1, -0.05) is 12.1 Å². The number of amides is 1. The summed E-state index contributed by atoms with van der Waals surface area (Å²) in [6.07, 6.45) is 0.105. The lowest BCUT2D eigenvalue weighted by Crippen LogP contribution is -2.38. The van der Waals surface area contributed by atoms with Crippen molar-refractivity contribution in [2.24, 2.45) is 0 Å². The second-order valence-electron chi connectivity index (χ2n) is 6.22. The van der Waals surface area contributed by atoms with Gasteiger partial charge in [0.1, 0.15) is 0 Å². The number of rotatable bonds is 4. The van der Waals surface area contributed by atoms with Crippen LogP contribution in [0.1, 0.15) is 41.3 Å². The van der Waals surface area contributed by atoms with Gasteiger partial charge in [0, 0.05) is 37.0 Å². The van der Waals surface area contributed by atoms with Crippen molar-refractivity contribution < 1.29 is 18.0 Å². The molecule has 1 fully saturated rings. The fourth-order valence-electron chi connectivity index (χ4n) is 3.08. The normalized spacial score (nSPS) is 16.2. The number of likely N-dealkylation sites (tertiary alicyclic amines) is 1. The van der Waals surface area contributed by atoms with Crippen molar-refractivity contribution in [2.45, 2.75) is 37.8 Å². The number of halogens is 3. The van der Waals surface area contributed by atoms with Crippen LogP contribution in [0.3, 0.4) is 0 Å². The molecule has 1 aliphatic rings. The zero-order chi connectivity index (χ0) is 17.9. The van der Waals surface area contributed by atoms with Crippen LogP contribution in [0, 0.1) is 0 Å². The Morgan fingerprint density at radius 1 is 1.20 bits per heavy atom. The molecule has 7 heteroatoms. The molecular weight excluding hydrogens is 349 g/mol. The van der Waals surface area contributed by atoms with E-state index in [4.69, 9.17) is 0 Å². The minimum Gasteiger partial charge on any atom is -0.343 e. The fourth-order valence-corrected chi connectivity index (χ4v) is 3.89. The number of aromatic nitrogens is 1. The van der Waals surface area contributed by atoms with Crippen LogP contribution in [0.5, 0.6) is 0 Å². The molecule has 0 saturated carbocycles. The SMILES string of the molecule is O=C(CCc1ccc(C(F)(F)F)cc1)N1CCC(c2nccs2)CC1. The van der Waals surface area contributed by atoms with Gasteiger partial charge >= 0.3 is 6.18 Å². The van der Waals surface area contributed by atoms with Gasteiger partial charge in [0.15, 0.2) is 0 Å². The van der Waals surface area contributed by atoms with Crippen LogP contribution in [-0.4, -0.2) is 28.9 Å². The molecule has 1 aliphatic heterocycles. The van der Waals surface area contributed by atoms with Crippen molar-refractivity contribution in [1.82, 2.24) is 9.88 Å². The molecule has 1 aromatic carbocycles. The highest BCUT2D eigenvalue weighted by atomic mass is 32.1. The zero-order valence-electron chi connectivity index (χ0n) is 13.6. The Kier molecular flexibility index (Phi) is 5.42. The summed E-state index contributed by atoms with van der Waals surface area (Å²) < 4.78 is 37.6. The van der Waals surface area contributed by atoms with Gasteiger partial charge in [0.2, 0.25) is 5.91 Å². The Morgan fingerprint density at radius 3 is 2.44 bits per heavy atom. The molecule has 2 heterocycles. The van der Waals surface area contributed by atoms with Crippen LogP contribution in [0.2, 0.25) is 0 Å². The molecule has 0 aliphatic carbocycles. The van der Waals surface area contributed by atoms with Crippen LogP contribution in [0.4, 0.5) is 13.2 Å². The van der Waals surface area contributed by atoms with Crippen LogP contribution >= 0.6 is 11.3 Å². The van der Waals surface area contributed by atoms with Crippen LogP contribution in [0.15, 0.2) is 35.8 Å². The van der Waals surface area contributed by atoms with Crippen molar-refractivity contribution in [3.05, 3.63) is 52.0 Å². The van der Waals surface area contributed by atoms with Gasteiger partial charge in [-0.3, -0.25) is 4.79 Å². The molecule has 0 spiro atoms. The third kappa shape index (κ3) is 4.60. The summed E-state index contributed by atoms with van der Waals surface area (Å²) >= 11 is 1.65. The number of alkyl halides is 3. The summed E-state index contributed by atoms with van der Waals surface area (Å²) in [6.45, 7) is 1.44.